The normalized spacial score (nSPS) is 9.88. The van der Waals surface area contributed by atoms with Gasteiger partial charge in [-0.15, -0.1) is 0 Å². The second kappa shape index (κ2) is 5.85. The monoisotopic (exact) mass is 224 g/mol. The molecule has 2 rings (SSSR count). The highest BCUT2D eigenvalue weighted by molar-refractivity contribution is 5.83. The molecule has 0 N–H and O–H groups in total. The Labute approximate surface area is 101 Å². The zero-order valence-corrected chi connectivity index (χ0v) is 9.30. The molecule has 0 saturated heterocycles. The first-order valence-corrected chi connectivity index (χ1v) is 5.37. The van der Waals surface area contributed by atoms with E-state index in [1.54, 1.807) is 0 Å². The van der Waals surface area contributed by atoms with Crippen LogP contribution in [0, 0.1) is 6.42 Å². The van der Waals surface area contributed by atoms with E-state index in [-0.39, 0.29) is 6.61 Å². The lowest BCUT2D eigenvalue weighted by atomic mass is 10.1. The van der Waals surface area contributed by atoms with Gasteiger partial charge in [0.25, 0.3) is 0 Å². The molecule has 0 saturated carbocycles. The number of carbonyl (C=O) groups is 1. The van der Waals surface area contributed by atoms with Gasteiger partial charge in [0, 0.05) is 0 Å². The number of esters is 1. The molecule has 17 heavy (non-hydrogen) atoms. The van der Waals surface area contributed by atoms with Crippen molar-refractivity contribution in [1.82, 2.24) is 0 Å². The fraction of sp³-hybridized carbons (Fsp3) is 0.0667. The predicted molar refractivity (Wildman–Crippen MR) is 65.0 cm³/mol. The van der Waals surface area contributed by atoms with E-state index < -0.39 is 5.97 Å². The van der Waals surface area contributed by atoms with E-state index in [9.17, 15) is 4.79 Å². The zero-order chi connectivity index (χ0) is 11.9. The predicted octanol–water partition coefficient (Wildman–Crippen LogP) is 2.86. The molecule has 2 aromatic rings. The standard InChI is InChI=1S/C15H12O2/c16-15(11-13-7-3-1-4-8-13)17-12-14-9-5-2-6-10-14/h1-10H,12H2. The van der Waals surface area contributed by atoms with E-state index in [0.29, 0.717) is 0 Å². The van der Waals surface area contributed by atoms with Gasteiger partial charge in [-0.05, 0) is 11.1 Å². The SMILES string of the molecule is O=C([C]c1ccccc1)OCc1ccccc1. The van der Waals surface area contributed by atoms with Crippen molar-refractivity contribution in [3.8, 4) is 0 Å². The highest BCUT2D eigenvalue weighted by Gasteiger charge is 2.05. The van der Waals surface area contributed by atoms with Crippen molar-refractivity contribution in [2.24, 2.45) is 0 Å². The lowest BCUT2D eigenvalue weighted by molar-refractivity contribution is -0.140. The summed E-state index contributed by atoms with van der Waals surface area (Å²) in [6.45, 7) is 0.277. The molecule has 2 aromatic carbocycles. The molecule has 0 unspecified atom stereocenters. The van der Waals surface area contributed by atoms with Crippen LogP contribution in [0.2, 0.25) is 0 Å². The van der Waals surface area contributed by atoms with E-state index in [0.717, 1.165) is 11.1 Å². The third kappa shape index (κ3) is 3.76. The van der Waals surface area contributed by atoms with Crippen molar-refractivity contribution < 1.29 is 9.53 Å². The van der Waals surface area contributed by atoms with Crippen molar-refractivity contribution >= 4 is 5.97 Å². The van der Waals surface area contributed by atoms with E-state index in [2.05, 4.69) is 6.42 Å². The summed E-state index contributed by atoms with van der Waals surface area (Å²) in [4.78, 5) is 11.5. The second-order valence-electron chi connectivity index (χ2n) is 3.55. The molecule has 0 amide bonds. The molecule has 0 aliphatic rings. The number of benzene rings is 2. The fourth-order valence-corrected chi connectivity index (χ4v) is 1.40. The zero-order valence-electron chi connectivity index (χ0n) is 9.30. The lowest BCUT2D eigenvalue weighted by Crippen LogP contribution is -2.05. The Morgan fingerprint density at radius 3 is 2.18 bits per heavy atom. The lowest BCUT2D eigenvalue weighted by Gasteiger charge is -2.03. The maximum atomic E-state index is 11.5. The summed E-state index contributed by atoms with van der Waals surface area (Å²) in [5.41, 5.74) is 1.70. The topological polar surface area (TPSA) is 26.3 Å². The molecule has 2 heteroatoms. The first-order chi connectivity index (χ1) is 8.34. The Hall–Kier alpha value is -2.09. The summed E-state index contributed by atoms with van der Waals surface area (Å²) in [6.07, 6.45) is 2.65. The fourth-order valence-electron chi connectivity index (χ4n) is 1.40. The number of ether oxygens (including phenoxy) is 1. The van der Waals surface area contributed by atoms with Crippen LogP contribution >= 0.6 is 0 Å². The summed E-state index contributed by atoms with van der Waals surface area (Å²) >= 11 is 0. The van der Waals surface area contributed by atoms with Crippen LogP contribution < -0.4 is 0 Å². The smallest absolute Gasteiger partial charge is 0.320 e. The molecule has 0 heterocycles. The third-order valence-electron chi connectivity index (χ3n) is 2.23. The number of hydrogen-bond donors (Lipinski definition) is 0. The quantitative estimate of drug-likeness (QED) is 0.746. The van der Waals surface area contributed by atoms with Crippen molar-refractivity contribution in [1.29, 1.82) is 0 Å². The van der Waals surface area contributed by atoms with Gasteiger partial charge >= 0.3 is 5.97 Å². The minimum absolute atomic E-state index is 0.277. The van der Waals surface area contributed by atoms with Crippen LogP contribution in [0.15, 0.2) is 60.7 Å². The van der Waals surface area contributed by atoms with Crippen molar-refractivity contribution in [2.75, 3.05) is 0 Å². The highest BCUT2D eigenvalue weighted by Crippen LogP contribution is 2.06. The average molecular weight is 224 g/mol. The summed E-state index contributed by atoms with van der Waals surface area (Å²) in [6, 6.07) is 18.8. The Morgan fingerprint density at radius 2 is 1.53 bits per heavy atom. The van der Waals surface area contributed by atoms with Crippen molar-refractivity contribution in [3.05, 3.63) is 78.2 Å². The summed E-state index contributed by atoms with van der Waals surface area (Å²) in [5.74, 6) is -0.444. The van der Waals surface area contributed by atoms with Gasteiger partial charge < -0.3 is 4.74 Å². The summed E-state index contributed by atoms with van der Waals surface area (Å²) < 4.78 is 5.08. The van der Waals surface area contributed by atoms with E-state index in [4.69, 9.17) is 4.74 Å². The Morgan fingerprint density at radius 1 is 0.941 bits per heavy atom. The molecule has 2 nitrogen and oxygen atoms in total. The number of hydrogen-bond acceptors (Lipinski definition) is 2. The van der Waals surface area contributed by atoms with Crippen LogP contribution in [0.5, 0.6) is 0 Å². The largest absolute Gasteiger partial charge is 0.460 e. The number of rotatable bonds is 4. The molecule has 0 bridgehead atoms. The van der Waals surface area contributed by atoms with Crippen LogP contribution in [0.25, 0.3) is 0 Å². The van der Waals surface area contributed by atoms with Gasteiger partial charge in [0.05, 0.1) is 0 Å². The first kappa shape index (κ1) is 11.4. The summed E-state index contributed by atoms with van der Waals surface area (Å²) in [7, 11) is 0. The third-order valence-corrected chi connectivity index (χ3v) is 2.23. The molecule has 0 fully saturated rings. The molecule has 2 radical (unpaired) electrons. The van der Waals surface area contributed by atoms with Gasteiger partial charge in [-0.1, -0.05) is 60.7 Å². The van der Waals surface area contributed by atoms with Gasteiger partial charge in [-0.2, -0.15) is 0 Å². The van der Waals surface area contributed by atoms with Gasteiger partial charge in [-0.25, -0.2) is 0 Å². The Kier molecular flexibility index (Phi) is 3.92. The number of carbonyl (C=O) groups excluding carboxylic acids is 1. The Balaban J connectivity index is 1.83. The second-order valence-corrected chi connectivity index (χ2v) is 3.55. The minimum atomic E-state index is -0.444. The average Bonchev–Trinajstić information content (AvgIpc) is 2.39. The maximum Gasteiger partial charge on any atom is 0.320 e. The molecule has 0 aliphatic carbocycles. The van der Waals surface area contributed by atoms with Crippen LogP contribution in [0.3, 0.4) is 0 Å². The first-order valence-electron chi connectivity index (χ1n) is 5.37. The van der Waals surface area contributed by atoms with Gasteiger partial charge in [-0.3, -0.25) is 4.79 Å². The maximum absolute atomic E-state index is 11.5. The van der Waals surface area contributed by atoms with Crippen LogP contribution in [-0.2, 0) is 16.1 Å². The molecule has 0 spiro atoms. The summed E-state index contributed by atoms with van der Waals surface area (Å²) in [5, 5.41) is 0. The van der Waals surface area contributed by atoms with E-state index >= 15 is 0 Å². The van der Waals surface area contributed by atoms with Gasteiger partial charge in [0.2, 0.25) is 0 Å². The van der Waals surface area contributed by atoms with Crippen molar-refractivity contribution in [2.45, 2.75) is 6.61 Å². The van der Waals surface area contributed by atoms with Crippen LogP contribution in [-0.4, -0.2) is 5.97 Å². The van der Waals surface area contributed by atoms with E-state index in [1.807, 2.05) is 60.7 Å². The molecule has 0 aromatic heterocycles. The molecular weight excluding hydrogens is 212 g/mol. The Bertz CT molecular complexity index is 463. The molecular formula is C15H12O2. The van der Waals surface area contributed by atoms with Crippen LogP contribution in [0.1, 0.15) is 11.1 Å². The molecule has 0 atom stereocenters. The van der Waals surface area contributed by atoms with Gasteiger partial charge in [0.15, 0.2) is 0 Å². The minimum Gasteiger partial charge on any atom is -0.460 e. The highest BCUT2D eigenvalue weighted by atomic mass is 16.5. The molecule has 84 valence electrons. The van der Waals surface area contributed by atoms with Crippen molar-refractivity contribution in [3.63, 3.8) is 0 Å². The van der Waals surface area contributed by atoms with E-state index in [1.165, 1.54) is 0 Å². The van der Waals surface area contributed by atoms with Gasteiger partial charge in [0.1, 0.15) is 13.0 Å². The van der Waals surface area contributed by atoms with Crippen LogP contribution in [0.4, 0.5) is 0 Å². The molecule has 0 aliphatic heterocycles.